The maximum atomic E-state index is 15.0. The number of carbonyl (C=O) groups is 3. The maximum absolute atomic E-state index is 15.0. The smallest absolute Gasteiger partial charge is 0.262 e. The molecule has 0 atom stereocenters. The van der Waals surface area contributed by atoms with E-state index < -0.39 is 46.4 Å². The number of carbonyl (C=O) groups excluding carboxylic acids is 3. The van der Waals surface area contributed by atoms with Crippen molar-refractivity contribution in [2.24, 2.45) is 4.99 Å². The first-order valence-electron chi connectivity index (χ1n) is 16.2. The van der Waals surface area contributed by atoms with E-state index in [2.05, 4.69) is 31.2 Å². The van der Waals surface area contributed by atoms with Crippen LogP contribution in [0.5, 0.6) is 23.0 Å². The monoisotopic (exact) mass is 777 g/mol. The van der Waals surface area contributed by atoms with Crippen LogP contribution in [0, 0.1) is 45.2 Å². The number of pyridine rings is 1. The molecule has 3 aromatic carbocycles. The van der Waals surface area contributed by atoms with Crippen LogP contribution in [0.15, 0.2) is 53.7 Å². The molecule has 1 aromatic heterocycles. The number of amides is 3. The van der Waals surface area contributed by atoms with E-state index in [4.69, 9.17) is 26.5 Å². The molecule has 6 N–H and O–H groups in total. The highest BCUT2D eigenvalue weighted by molar-refractivity contribution is 6.35. The molecule has 0 unspecified atom stereocenters. The van der Waals surface area contributed by atoms with E-state index in [1.54, 1.807) is 6.07 Å². The Kier molecular flexibility index (Phi) is 11.9. The van der Waals surface area contributed by atoms with E-state index in [-0.39, 0.29) is 73.9 Å². The van der Waals surface area contributed by atoms with E-state index >= 15 is 0 Å². The van der Waals surface area contributed by atoms with Crippen LogP contribution < -0.4 is 30.7 Å². The summed E-state index contributed by atoms with van der Waals surface area (Å²) in [6.45, 7) is 0.520. The van der Waals surface area contributed by atoms with Crippen LogP contribution in [0.1, 0.15) is 37.5 Å². The van der Waals surface area contributed by atoms with E-state index in [1.807, 2.05) is 12.1 Å². The Morgan fingerprint density at radius 1 is 1.02 bits per heavy atom. The Morgan fingerprint density at radius 3 is 2.41 bits per heavy atom. The van der Waals surface area contributed by atoms with Crippen LogP contribution in [0.2, 0.25) is 5.02 Å². The van der Waals surface area contributed by atoms with Gasteiger partial charge in [-0.2, -0.15) is 15.8 Å². The standard InChI is InChI=1S/C37H29ClFN11O6/c1-50(2)27(52)17-47-36(43)48-35(54)31-25(9-7-18(13-40)28(31)19-5-4-6-22(39)21(19)14-41)56-26-10-8-20(32(38)33(26)55-3)29-23(15-42)46-16-24(51)30(29)34(53)49-37-44-11-12-45-37/h4-10,16,51H,11-12,17H2,1-3H3,(H3,43,47,48,54)(H2,44,45,49,53). The van der Waals surface area contributed by atoms with E-state index in [9.17, 15) is 39.7 Å². The molecule has 17 nitrogen and oxygen atoms in total. The third kappa shape index (κ3) is 7.93. The number of ether oxygens (including phenoxy) is 2. The van der Waals surface area contributed by atoms with Crippen LogP contribution >= 0.6 is 11.6 Å². The van der Waals surface area contributed by atoms with Crippen molar-refractivity contribution in [1.82, 2.24) is 31.2 Å². The molecule has 1 aliphatic heterocycles. The first kappa shape index (κ1) is 39.5. The van der Waals surface area contributed by atoms with E-state index in [0.717, 1.165) is 12.3 Å². The SMILES string of the molecule is COc1c(Oc2ccc(C#N)c(-c3cccc(F)c3C#N)c2C(=O)NC(=N)NCC(=O)N(C)C)ccc(-c2c(C#N)ncc(O)c2C(=O)NC2=NCCN2)c1Cl. The number of halogens is 2. The van der Waals surface area contributed by atoms with Crippen molar-refractivity contribution >= 4 is 41.2 Å². The predicted octanol–water partition coefficient (Wildman–Crippen LogP) is 3.36. The van der Waals surface area contributed by atoms with E-state index in [1.165, 1.54) is 62.5 Å². The number of nitrogens with zero attached hydrogens (tertiary/aromatic N) is 6. The molecular formula is C37H29ClFN11O6. The summed E-state index contributed by atoms with van der Waals surface area (Å²) in [5, 5.41) is 59.0. The predicted molar refractivity (Wildman–Crippen MR) is 199 cm³/mol. The molecule has 2 heterocycles. The highest BCUT2D eigenvalue weighted by Gasteiger charge is 2.30. The van der Waals surface area contributed by atoms with Crippen molar-refractivity contribution < 1.29 is 33.4 Å². The average Bonchev–Trinajstić information content (AvgIpc) is 3.69. The fourth-order valence-electron chi connectivity index (χ4n) is 5.51. The maximum Gasteiger partial charge on any atom is 0.262 e. The molecular weight excluding hydrogens is 749 g/mol. The summed E-state index contributed by atoms with van der Waals surface area (Å²) in [7, 11) is 4.22. The topological polar surface area (TPSA) is 262 Å². The van der Waals surface area contributed by atoms with Gasteiger partial charge in [0.05, 0.1) is 59.7 Å². The number of hydrogen-bond donors (Lipinski definition) is 6. The normalized spacial score (nSPS) is 11.4. The number of methoxy groups -OCH3 is 1. The first-order valence-corrected chi connectivity index (χ1v) is 16.6. The molecule has 0 radical (unpaired) electrons. The van der Waals surface area contributed by atoms with Crippen LogP contribution in [-0.2, 0) is 4.79 Å². The Hall–Kier alpha value is -7.75. The minimum atomic E-state index is -1.06. The average molecular weight is 778 g/mol. The second-order valence-electron chi connectivity index (χ2n) is 11.7. The van der Waals surface area contributed by atoms with Gasteiger partial charge in [-0.1, -0.05) is 23.7 Å². The van der Waals surface area contributed by atoms with Crippen molar-refractivity contribution in [3.63, 3.8) is 0 Å². The molecule has 3 amide bonds. The zero-order valence-corrected chi connectivity index (χ0v) is 30.4. The van der Waals surface area contributed by atoms with Crippen LogP contribution in [0.25, 0.3) is 22.3 Å². The van der Waals surface area contributed by atoms with Gasteiger partial charge in [-0.3, -0.25) is 35.4 Å². The molecule has 0 saturated carbocycles. The zero-order chi connectivity index (χ0) is 40.7. The van der Waals surface area contributed by atoms with Gasteiger partial charge < -0.3 is 30.1 Å². The second-order valence-corrected chi connectivity index (χ2v) is 12.1. The first-order chi connectivity index (χ1) is 26.8. The van der Waals surface area contributed by atoms with Crippen molar-refractivity contribution in [2.75, 3.05) is 40.8 Å². The van der Waals surface area contributed by atoms with Gasteiger partial charge in [-0.15, -0.1) is 0 Å². The number of likely N-dealkylation sites (N-methyl/N-ethyl adjacent to an activating group) is 1. The summed E-state index contributed by atoms with van der Waals surface area (Å²) >= 11 is 6.87. The van der Waals surface area contributed by atoms with Crippen molar-refractivity contribution in [1.29, 1.82) is 21.2 Å². The lowest BCUT2D eigenvalue weighted by Crippen LogP contribution is -2.44. The number of rotatable bonds is 9. The quantitative estimate of drug-likeness (QED) is 0.106. The van der Waals surface area contributed by atoms with Crippen LogP contribution in [-0.4, -0.2) is 85.5 Å². The molecule has 0 saturated heterocycles. The fraction of sp³-hybridized carbons (Fsp3) is 0.162. The molecule has 56 heavy (non-hydrogen) atoms. The van der Waals surface area contributed by atoms with Crippen molar-refractivity contribution in [3.05, 3.63) is 87.4 Å². The molecule has 1 aliphatic rings. The highest BCUT2D eigenvalue weighted by Crippen LogP contribution is 2.47. The number of benzene rings is 3. The number of nitriles is 3. The third-order valence-electron chi connectivity index (χ3n) is 8.12. The second kappa shape index (κ2) is 16.9. The number of aliphatic imine (C=N–C) groups is 1. The highest BCUT2D eigenvalue weighted by atomic mass is 35.5. The summed E-state index contributed by atoms with van der Waals surface area (Å²) in [6.07, 6.45) is 0.935. The molecule has 0 fully saturated rings. The minimum Gasteiger partial charge on any atom is -0.505 e. The Morgan fingerprint density at radius 2 is 1.77 bits per heavy atom. The summed E-state index contributed by atoms with van der Waals surface area (Å²) in [6, 6.07) is 14.4. The van der Waals surface area contributed by atoms with Gasteiger partial charge in [0.15, 0.2) is 23.4 Å². The van der Waals surface area contributed by atoms with E-state index in [0.29, 0.717) is 13.1 Å². The third-order valence-corrected chi connectivity index (χ3v) is 8.49. The lowest BCUT2D eigenvalue weighted by molar-refractivity contribution is -0.127. The molecule has 0 bridgehead atoms. The summed E-state index contributed by atoms with van der Waals surface area (Å²) < 4.78 is 26.8. The molecule has 0 aliphatic carbocycles. The minimum absolute atomic E-state index is 0.00554. The molecule has 19 heteroatoms. The Labute approximate surface area is 323 Å². The zero-order valence-electron chi connectivity index (χ0n) is 29.7. The summed E-state index contributed by atoms with van der Waals surface area (Å²) in [5.41, 5.74) is -2.25. The molecule has 0 spiro atoms. The number of guanidine groups is 2. The van der Waals surface area contributed by atoms with Gasteiger partial charge in [-0.05, 0) is 30.3 Å². The number of aromatic nitrogens is 1. The fourth-order valence-corrected chi connectivity index (χ4v) is 5.83. The van der Waals surface area contributed by atoms with Gasteiger partial charge in [0.2, 0.25) is 5.91 Å². The van der Waals surface area contributed by atoms with Gasteiger partial charge in [0.25, 0.3) is 11.8 Å². The largest absolute Gasteiger partial charge is 0.505 e. The van der Waals surface area contributed by atoms with Crippen LogP contribution in [0.4, 0.5) is 4.39 Å². The summed E-state index contributed by atoms with van der Waals surface area (Å²) in [5.74, 6) is -4.92. The number of aromatic hydroxyl groups is 1. The Balaban J connectivity index is 1.67. The molecule has 4 aromatic rings. The lowest BCUT2D eigenvalue weighted by atomic mass is 9.90. The van der Waals surface area contributed by atoms with Crippen LogP contribution in [0.3, 0.4) is 0 Å². The van der Waals surface area contributed by atoms with Gasteiger partial charge in [-0.25, -0.2) is 9.37 Å². The van der Waals surface area contributed by atoms with Gasteiger partial charge in [0, 0.05) is 42.9 Å². The molecule has 282 valence electrons. The van der Waals surface area contributed by atoms with Gasteiger partial charge >= 0.3 is 0 Å². The van der Waals surface area contributed by atoms with Gasteiger partial charge in [0.1, 0.15) is 35.1 Å². The Bertz CT molecular complexity index is 2470. The summed E-state index contributed by atoms with van der Waals surface area (Å²) in [4.78, 5) is 48.9. The van der Waals surface area contributed by atoms with Crippen molar-refractivity contribution in [3.8, 4) is 63.5 Å². The number of hydrogen-bond acceptors (Lipinski definition) is 13. The lowest BCUT2D eigenvalue weighted by Gasteiger charge is -2.20. The molecule has 5 rings (SSSR count). The number of nitrogens with one attached hydrogen (secondary N) is 5. The van der Waals surface area contributed by atoms with Crippen molar-refractivity contribution in [2.45, 2.75) is 0 Å².